The van der Waals surface area contributed by atoms with E-state index in [0.29, 0.717) is 0 Å². The molecule has 0 aliphatic carbocycles. The summed E-state index contributed by atoms with van der Waals surface area (Å²) in [5, 5.41) is 11.7. The van der Waals surface area contributed by atoms with Crippen LogP contribution >= 0.6 is 0 Å². The molecule has 1 rings (SSSR count). The number of carbonyl (C=O) groups excluding carboxylic acids is 1. The van der Waals surface area contributed by atoms with Crippen LogP contribution in [0.2, 0.25) is 0 Å². The Kier molecular flexibility index (Phi) is 5.55. The van der Waals surface area contributed by atoms with Crippen LogP contribution in [0.3, 0.4) is 0 Å². The first-order chi connectivity index (χ1) is 8.91. The molecule has 0 fully saturated rings. The maximum Gasteiger partial charge on any atom is 0.308 e. The molecule has 4 nitrogen and oxygen atoms in total. The second-order valence-electron chi connectivity index (χ2n) is 5.10. The minimum Gasteiger partial charge on any atom is -0.481 e. The number of carbonyl (C=O) groups is 2. The fraction of sp³-hybridized carbons (Fsp3) is 0.467. The van der Waals surface area contributed by atoms with Gasteiger partial charge in [0.2, 0.25) is 5.91 Å². The summed E-state index contributed by atoms with van der Waals surface area (Å²) in [6.07, 6.45) is 0.289. The molecule has 19 heavy (non-hydrogen) atoms. The fourth-order valence-electron chi connectivity index (χ4n) is 1.88. The van der Waals surface area contributed by atoms with Gasteiger partial charge in [-0.25, -0.2) is 0 Å². The molecule has 0 saturated heterocycles. The van der Waals surface area contributed by atoms with E-state index in [-0.39, 0.29) is 24.8 Å². The van der Waals surface area contributed by atoms with Crippen LogP contribution in [0.1, 0.15) is 25.0 Å². The van der Waals surface area contributed by atoms with Crippen LogP contribution in [0.4, 0.5) is 0 Å². The molecule has 2 N–H and O–H groups in total. The number of carboxylic acids is 1. The Balaban J connectivity index is 2.52. The summed E-state index contributed by atoms with van der Waals surface area (Å²) in [6.45, 7) is 5.81. The molecule has 0 aliphatic rings. The van der Waals surface area contributed by atoms with Crippen molar-refractivity contribution in [1.82, 2.24) is 5.32 Å². The summed E-state index contributed by atoms with van der Waals surface area (Å²) in [5.74, 6) is -1.55. The highest BCUT2D eigenvalue weighted by Gasteiger charge is 2.21. The fourth-order valence-corrected chi connectivity index (χ4v) is 1.88. The lowest BCUT2D eigenvalue weighted by Gasteiger charge is -2.16. The second-order valence-corrected chi connectivity index (χ2v) is 5.10. The number of rotatable bonds is 6. The number of aryl methyl sites for hydroxylation is 1. The molecule has 1 aromatic rings. The molecule has 0 spiro atoms. The minimum atomic E-state index is -0.869. The number of amides is 1. The summed E-state index contributed by atoms with van der Waals surface area (Å²) >= 11 is 0. The Bertz CT molecular complexity index is 454. The van der Waals surface area contributed by atoms with Crippen molar-refractivity contribution in [2.45, 2.75) is 27.2 Å². The third kappa shape index (κ3) is 4.73. The van der Waals surface area contributed by atoms with E-state index in [1.807, 2.05) is 45.0 Å². The lowest BCUT2D eigenvalue weighted by molar-refractivity contribution is -0.143. The minimum absolute atomic E-state index is 0.00346. The standard InChI is InChI=1S/C15H21NO3/c1-10(2)13(15(18)19)9-16-14(17)8-12-7-5-4-6-11(12)3/h4-7,10,13H,8-9H2,1-3H3,(H,16,17)(H,18,19). The van der Waals surface area contributed by atoms with Gasteiger partial charge in [-0.05, 0) is 24.0 Å². The average Bonchev–Trinajstić information content (AvgIpc) is 2.31. The van der Waals surface area contributed by atoms with Gasteiger partial charge in [-0.3, -0.25) is 9.59 Å². The molecule has 0 saturated carbocycles. The largest absolute Gasteiger partial charge is 0.481 e. The molecule has 1 unspecified atom stereocenters. The van der Waals surface area contributed by atoms with Gasteiger partial charge in [0.1, 0.15) is 0 Å². The summed E-state index contributed by atoms with van der Waals surface area (Å²) in [5.41, 5.74) is 2.03. The van der Waals surface area contributed by atoms with E-state index in [1.165, 1.54) is 0 Å². The van der Waals surface area contributed by atoms with Crippen molar-refractivity contribution in [3.63, 3.8) is 0 Å². The van der Waals surface area contributed by atoms with Gasteiger partial charge in [-0.15, -0.1) is 0 Å². The van der Waals surface area contributed by atoms with Crippen molar-refractivity contribution in [1.29, 1.82) is 0 Å². The third-order valence-electron chi connectivity index (χ3n) is 3.25. The Morgan fingerprint density at radius 3 is 2.42 bits per heavy atom. The van der Waals surface area contributed by atoms with Crippen LogP contribution in [0.5, 0.6) is 0 Å². The van der Waals surface area contributed by atoms with Crippen molar-refractivity contribution < 1.29 is 14.7 Å². The van der Waals surface area contributed by atoms with Crippen molar-refractivity contribution in [2.24, 2.45) is 11.8 Å². The monoisotopic (exact) mass is 263 g/mol. The molecule has 0 bridgehead atoms. The van der Waals surface area contributed by atoms with Crippen LogP contribution in [0, 0.1) is 18.8 Å². The van der Waals surface area contributed by atoms with Crippen molar-refractivity contribution in [3.05, 3.63) is 35.4 Å². The predicted octanol–water partition coefficient (Wildman–Crippen LogP) is 2.01. The van der Waals surface area contributed by atoms with Gasteiger partial charge in [-0.2, -0.15) is 0 Å². The van der Waals surface area contributed by atoms with E-state index >= 15 is 0 Å². The topological polar surface area (TPSA) is 66.4 Å². The summed E-state index contributed by atoms with van der Waals surface area (Å²) < 4.78 is 0. The smallest absolute Gasteiger partial charge is 0.308 e. The van der Waals surface area contributed by atoms with Gasteiger partial charge in [0.15, 0.2) is 0 Å². The third-order valence-corrected chi connectivity index (χ3v) is 3.25. The van der Waals surface area contributed by atoms with E-state index < -0.39 is 11.9 Å². The highest BCUT2D eigenvalue weighted by atomic mass is 16.4. The van der Waals surface area contributed by atoms with Crippen molar-refractivity contribution in [2.75, 3.05) is 6.54 Å². The van der Waals surface area contributed by atoms with Crippen LogP contribution in [-0.2, 0) is 16.0 Å². The van der Waals surface area contributed by atoms with Crippen molar-refractivity contribution in [3.8, 4) is 0 Å². The maximum atomic E-state index is 11.8. The normalized spacial score (nSPS) is 12.2. The zero-order valence-corrected chi connectivity index (χ0v) is 11.6. The average molecular weight is 263 g/mol. The van der Waals surface area contributed by atoms with Crippen LogP contribution < -0.4 is 5.32 Å². The lowest BCUT2D eigenvalue weighted by Crippen LogP contribution is -2.36. The summed E-state index contributed by atoms with van der Waals surface area (Å²) in [7, 11) is 0. The van der Waals surface area contributed by atoms with E-state index in [4.69, 9.17) is 5.11 Å². The van der Waals surface area contributed by atoms with Crippen LogP contribution in [0.25, 0.3) is 0 Å². The molecule has 1 atom stereocenters. The molecule has 1 amide bonds. The summed E-state index contributed by atoms with van der Waals surface area (Å²) in [6, 6.07) is 7.68. The first kappa shape index (κ1) is 15.2. The first-order valence-electron chi connectivity index (χ1n) is 6.45. The van der Waals surface area contributed by atoms with Crippen LogP contribution in [0.15, 0.2) is 24.3 Å². The summed E-state index contributed by atoms with van der Waals surface area (Å²) in [4.78, 5) is 22.8. The number of aliphatic carboxylic acids is 1. The first-order valence-corrected chi connectivity index (χ1v) is 6.45. The van der Waals surface area contributed by atoms with E-state index in [1.54, 1.807) is 0 Å². The maximum absolute atomic E-state index is 11.8. The molecule has 104 valence electrons. The number of carboxylic acid groups (broad SMARTS) is 1. The van der Waals surface area contributed by atoms with E-state index in [9.17, 15) is 9.59 Å². The lowest BCUT2D eigenvalue weighted by atomic mass is 9.96. The molecular formula is C15H21NO3. The number of benzene rings is 1. The highest BCUT2D eigenvalue weighted by Crippen LogP contribution is 2.10. The van der Waals surface area contributed by atoms with Crippen LogP contribution in [-0.4, -0.2) is 23.5 Å². The predicted molar refractivity (Wildman–Crippen MR) is 73.9 cm³/mol. The van der Waals surface area contributed by atoms with Gasteiger partial charge in [0, 0.05) is 6.54 Å². The van der Waals surface area contributed by atoms with E-state index in [0.717, 1.165) is 11.1 Å². The molecule has 0 heterocycles. The number of hydrogen-bond acceptors (Lipinski definition) is 2. The Morgan fingerprint density at radius 1 is 1.26 bits per heavy atom. The van der Waals surface area contributed by atoms with Gasteiger partial charge in [0.05, 0.1) is 12.3 Å². The van der Waals surface area contributed by atoms with Crippen molar-refractivity contribution >= 4 is 11.9 Å². The second kappa shape index (κ2) is 6.92. The van der Waals surface area contributed by atoms with Gasteiger partial charge in [-0.1, -0.05) is 38.1 Å². The molecule has 4 heteroatoms. The SMILES string of the molecule is Cc1ccccc1CC(=O)NCC(C(=O)O)C(C)C. The van der Waals surface area contributed by atoms with Gasteiger partial charge >= 0.3 is 5.97 Å². The molecular weight excluding hydrogens is 242 g/mol. The van der Waals surface area contributed by atoms with E-state index in [2.05, 4.69) is 5.32 Å². The zero-order valence-electron chi connectivity index (χ0n) is 11.6. The Morgan fingerprint density at radius 2 is 1.89 bits per heavy atom. The molecule has 0 radical (unpaired) electrons. The quantitative estimate of drug-likeness (QED) is 0.825. The number of nitrogens with one attached hydrogen (secondary N) is 1. The highest BCUT2D eigenvalue weighted by molar-refractivity contribution is 5.79. The zero-order chi connectivity index (χ0) is 14.4. The Hall–Kier alpha value is -1.84. The molecule has 0 aromatic heterocycles. The number of hydrogen-bond donors (Lipinski definition) is 2. The van der Waals surface area contributed by atoms with Gasteiger partial charge in [0.25, 0.3) is 0 Å². The molecule has 1 aromatic carbocycles. The Labute approximate surface area is 113 Å². The van der Waals surface area contributed by atoms with Gasteiger partial charge < -0.3 is 10.4 Å². The molecule has 0 aliphatic heterocycles.